The van der Waals surface area contributed by atoms with Crippen LogP contribution < -0.4 is 4.90 Å². The molecule has 0 fully saturated rings. The molecule has 2 aromatic rings. The highest BCUT2D eigenvalue weighted by Crippen LogP contribution is 2.15. The van der Waals surface area contributed by atoms with Gasteiger partial charge >= 0.3 is 0 Å². The Hall–Kier alpha value is -2.27. The number of anilines is 1. The molecule has 2 rings (SSSR count). The van der Waals surface area contributed by atoms with Crippen LogP contribution in [-0.2, 0) is 6.54 Å². The summed E-state index contributed by atoms with van der Waals surface area (Å²) in [5.74, 6) is 0. The molecule has 0 saturated carbocycles. The average molecular weight is 221 g/mol. The zero-order valence-corrected chi connectivity index (χ0v) is 9.50. The van der Waals surface area contributed by atoms with E-state index in [1.54, 1.807) is 0 Å². The number of nitriles is 1. The number of rotatable bonds is 4. The second-order valence-electron chi connectivity index (χ2n) is 3.76. The Morgan fingerprint density at radius 1 is 1.06 bits per heavy atom. The smallest absolute Gasteiger partial charge is 0.106 e. The van der Waals surface area contributed by atoms with Gasteiger partial charge in [0.2, 0.25) is 0 Å². The van der Waals surface area contributed by atoms with Crippen LogP contribution >= 0.6 is 0 Å². The summed E-state index contributed by atoms with van der Waals surface area (Å²) in [4.78, 5) is 2.05. The Kier molecular flexibility index (Phi) is 3.77. The maximum Gasteiger partial charge on any atom is 0.106 e. The van der Waals surface area contributed by atoms with E-state index in [1.165, 1.54) is 5.56 Å². The maximum atomic E-state index is 8.88. The van der Waals surface area contributed by atoms with Crippen molar-refractivity contribution in [1.29, 1.82) is 5.26 Å². The minimum atomic E-state index is 0.391. The van der Waals surface area contributed by atoms with Crippen molar-refractivity contribution in [2.24, 2.45) is 0 Å². The van der Waals surface area contributed by atoms with E-state index in [2.05, 4.69) is 17.0 Å². The lowest BCUT2D eigenvalue weighted by molar-refractivity contribution is 0.872. The quantitative estimate of drug-likeness (QED) is 0.742. The van der Waals surface area contributed by atoms with Crippen molar-refractivity contribution in [3.63, 3.8) is 0 Å². The fraction of sp³-hybridized carbons (Fsp3) is 0.133. The topological polar surface area (TPSA) is 27.0 Å². The number of hydrogen-bond acceptors (Lipinski definition) is 2. The van der Waals surface area contributed by atoms with Crippen LogP contribution in [-0.4, -0.2) is 6.54 Å². The third kappa shape index (κ3) is 3.09. The summed E-state index contributed by atoms with van der Waals surface area (Å²) < 4.78 is 0. The molecule has 2 heteroatoms. The molecule has 0 aromatic heterocycles. The van der Waals surface area contributed by atoms with Crippen LogP contribution in [0.2, 0.25) is 0 Å². The van der Waals surface area contributed by atoms with E-state index < -0.39 is 0 Å². The van der Waals surface area contributed by atoms with Crippen LogP contribution in [0.3, 0.4) is 0 Å². The molecule has 0 saturated heterocycles. The highest BCUT2D eigenvalue weighted by molar-refractivity contribution is 5.47. The average Bonchev–Trinajstić information content (AvgIpc) is 2.40. The van der Waals surface area contributed by atoms with Gasteiger partial charge < -0.3 is 4.90 Å². The van der Waals surface area contributed by atoms with E-state index in [1.807, 2.05) is 54.6 Å². The molecule has 0 spiro atoms. The van der Waals surface area contributed by atoms with Gasteiger partial charge in [0.05, 0.1) is 6.07 Å². The van der Waals surface area contributed by atoms with Crippen molar-refractivity contribution in [3.05, 3.63) is 66.2 Å². The van der Waals surface area contributed by atoms with Crippen LogP contribution in [0.15, 0.2) is 54.6 Å². The minimum absolute atomic E-state index is 0.391. The summed E-state index contributed by atoms with van der Waals surface area (Å²) in [6.45, 7) is 1.13. The Labute approximate surface area is 102 Å². The fourth-order valence-electron chi connectivity index (χ4n) is 1.71. The molecule has 2 aromatic carbocycles. The lowest BCUT2D eigenvalue weighted by atomic mass is 10.2. The van der Waals surface area contributed by atoms with Gasteiger partial charge in [-0.3, -0.25) is 0 Å². The normalized spacial score (nSPS) is 9.59. The molecule has 17 heavy (non-hydrogen) atoms. The number of hydrogen-bond donors (Lipinski definition) is 0. The Bertz CT molecular complexity index is 485. The first-order valence-corrected chi connectivity index (χ1v) is 5.52. The maximum absolute atomic E-state index is 8.88. The predicted molar refractivity (Wildman–Crippen MR) is 68.4 cm³/mol. The van der Waals surface area contributed by atoms with Crippen LogP contribution in [0.5, 0.6) is 0 Å². The molecule has 0 aliphatic carbocycles. The van der Waals surface area contributed by atoms with Gasteiger partial charge in [-0.1, -0.05) is 42.5 Å². The van der Waals surface area contributed by atoms with Crippen LogP contribution in [0.1, 0.15) is 5.56 Å². The first kappa shape index (κ1) is 11.2. The standard InChI is InChI=1S/C15H13N2/c16-11-12-17(15-9-5-2-6-10-15)13-14-7-3-1-4-8-14/h2-10H,12-13H2. The van der Waals surface area contributed by atoms with Gasteiger partial charge in [-0.2, -0.15) is 5.26 Å². The molecule has 2 nitrogen and oxygen atoms in total. The van der Waals surface area contributed by atoms with Gasteiger partial charge in [0.25, 0.3) is 0 Å². The summed E-state index contributed by atoms with van der Waals surface area (Å²) in [7, 11) is 0. The monoisotopic (exact) mass is 221 g/mol. The van der Waals surface area contributed by atoms with Crippen molar-refractivity contribution in [3.8, 4) is 6.07 Å². The molecular formula is C15H13N2. The Morgan fingerprint density at radius 2 is 1.76 bits per heavy atom. The molecule has 0 aliphatic heterocycles. The van der Waals surface area contributed by atoms with E-state index in [0.717, 1.165) is 12.2 Å². The van der Waals surface area contributed by atoms with E-state index in [0.29, 0.717) is 6.54 Å². The number of benzene rings is 2. The van der Waals surface area contributed by atoms with Crippen LogP contribution in [0.4, 0.5) is 5.69 Å². The number of nitrogens with zero attached hydrogens (tertiary/aromatic N) is 2. The third-order valence-electron chi connectivity index (χ3n) is 2.54. The lowest BCUT2D eigenvalue weighted by Crippen LogP contribution is -2.22. The fourth-order valence-corrected chi connectivity index (χ4v) is 1.71. The molecule has 83 valence electrons. The van der Waals surface area contributed by atoms with Gasteiger partial charge in [0.15, 0.2) is 0 Å². The Morgan fingerprint density at radius 3 is 2.41 bits per heavy atom. The van der Waals surface area contributed by atoms with Crippen molar-refractivity contribution in [2.45, 2.75) is 6.54 Å². The molecule has 0 heterocycles. The molecule has 1 radical (unpaired) electrons. The lowest BCUT2D eigenvalue weighted by Gasteiger charge is -2.21. The van der Waals surface area contributed by atoms with E-state index in [4.69, 9.17) is 5.26 Å². The highest BCUT2D eigenvalue weighted by atomic mass is 15.1. The van der Waals surface area contributed by atoms with Gasteiger partial charge in [-0.15, -0.1) is 0 Å². The predicted octanol–water partition coefficient (Wildman–Crippen LogP) is 3.02. The van der Waals surface area contributed by atoms with E-state index in [9.17, 15) is 0 Å². The summed E-state index contributed by atoms with van der Waals surface area (Å²) in [6.07, 6.45) is 0. The molecule has 0 unspecified atom stereocenters. The van der Waals surface area contributed by atoms with Crippen molar-refractivity contribution in [1.82, 2.24) is 0 Å². The molecule has 0 N–H and O–H groups in total. The van der Waals surface area contributed by atoms with Gasteiger partial charge in [0.1, 0.15) is 6.54 Å². The molecule has 0 bridgehead atoms. The second-order valence-corrected chi connectivity index (χ2v) is 3.76. The second kappa shape index (κ2) is 5.72. The summed E-state index contributed by atoms with van der Waals surface area (Å²) in [5, 5.41) is 8.88. The zero-order valence-electron chi connectivity index (χ0n) is 9.50. The van der Waals surface area contributed by atoms with Gasteiger partial charge in [-0.05, 0) is 23.8 Å². The minimum Gasteiger partial charge on any atom is -0.354 e. The molecular weight excluding hydrogens is 208 g/mol. The summed E-state index contributed by atoms with van der Waals surface area (Å²) in [5.41, 5.74) is 2.25. The first-order chi connectivity index (χ1) is 8.40. The van der Waals surface area contributed by atoms with Crippen molar-refractivity contribution >= 4 is 5.69 Å². The van der Waals surface area contributed by atoms with Crippen molar-refractivity contribution < 1.29 is 0 Å². The SMILES string of the molecule is N#CCN(Cc1cc[c]cc1)c1ccccc1. The first-order valence-electron chi connectivity index (χ1n) is 5.52. The van der Waals surface area contributed by atoms with Gasteiger partial charge in [-0.25, -0.2) is 0 Å². The third-order valence-corrected chi connectivity index (χ3v) is 2.54. The molecule has 0 atom stereocenters. The van der Waals surface area contributed by atoms with Gasteiger partial charge in [0, 0.05) is 12.2 Å². The van der Waals surface area contributed by atoms with Crippen molar-refractivity contribution in [2.75, 3.05) is 11.4 Å². The highest BCUT2D eigenvalue weighted by Gasteiger charge is 2.05. The van der Waals surface area contributed by atoms with Crippen LogP contribution in [0.25, 0.3) is 0 Å². The van der Waals surface area contributed by atoms with Crippen LogP contribution in [0, 0.1) is 17.4 Å². The van der Waals surface area contributed by atoms with E-state index >= 15 is 0 Å². The summed E-state index contributed by atoms with van der Waals surface area (Å²) >= 11 is 0. The van der Waals surface area contributed by atoms with E-state index in [-0.39, 0.29) is 0 Å². The number of para-hydroxylation sites is 1. The molecule has 0 aliphatic rings. The zero-order chi connectivity index (χ0) is 11.9. The largest absolute Gasteiger partial charge is 0.354 e. The molecule has 0 amide bonds. The summed E-state index contributed by atoms with van der Waals surface area (Å²) in [6, 6.07) is 23.0. The Balaban J connectivity index is 2.17.